The third kappa shape index (κ3) is 3.30. The van der Waals surface area contributed by atoms with Crippen LogP contribution in [0.2, 0.25) is 0 Å². The summed E-state index contributed by atoms with van der Waals surface area (Å²) in [6.45, 7) is 2.08. The van der Waals surface area contributed by atoms with Crippen molar-refractivity contribution in [2.75, 3.05) is 7.05 Å². The number of rotatable bonds is 3. The minimum atomic E-state index is -0.552. The fourth-order valence-corrected chi connectivity index (χ4v) is 5.62. The number of carbonyl (C=O) groups excluding carboxylic acids is 1. The average molecular weight is 495 g/mol. The van der Waals surface area contributed by atoms with E-state index in [1.54, 1.807) is 24.6 Å². The summed E-state index contributed by atoms with van der Waals surface area (Å²) < 4.78 is 6.16. The second-order valence-corrected chi connectivity index (χ2v) is 9.75. The number of fused-ring (bicyclic) bond motifs is 1. The van der Waals surface area contributed by atoms with Gasteiger partial charge in [0.25, 0.3) is 0 Å². The summed E-state index contributed by atoms with van der Waals surface area (Å²) in [5.74, 6) is -0.153. The minimum absolute atomic E-state index is 0.0695. The zero-order chi connectivity index (χ0) is 21.8. The van der Waals surface area contributed by atoms with Gasteiger partial charge >= 0.3 is 0 Å². The first-order valence-electron chi connectivity index (χ1n) is 9.77. The van der Waals surface area contributed by atoms with Gasteiger partial charge in [0, 0.05) is 40.1 Å². The molecule has 0 unspecified atom stereocenters. The molecular weight excluding hydrogens is 476 g/mol. The maximum Gasteiger partial charge on any atom is 0.236 e. The molecule has 2 atom stereocenters. The molecule has 6 nitrogen and oxygen atoms in total. The first kappa shape index (κ1) is 20.1. The lowest BCUT2D eigenvalue weighted by atomic mass is 9.67. The van der Waals surface area contributed by atoms with Crippen molar-refractivity contribution >= 4 is 50.0 Å². The molecule has 8 heteroatoms. The molecule has 4 aromatic rings. The molecule has 1 aliphatic heterocycles. The maximum atomic E-state index is 13.5. The van der Waals surface area contributed by atoms with Gasteiger partial charge in [0.15, 0.2) is 0 Å². The Morgan fingerprint density at radius 3 is 2.84 bits per heavy atom. The number of furan rings is 1. The number of benzene rings is 1. The van der Waals surface area contributed by atoms with Crippen LogP contribution < -0.4 is 0 Å². The Bertz CT molecular complexity index is 1310. The van der Waals surface area contributed by atoms with E-state index in [1.807, 2.05) is 41.8 Å². The fraction of sp³-hybridized carbons (Fsp3) is 0.217. The van der Waals surface area contributed by atoms with Crippen molar-refractivity contribution in [1.82, 2.24) is 15.1 Å². The number of carbonyl (C=O) groups is 1. The number of amidine groups is 1. The van der Waals surface area contributed by atoms with Gasteiger partial charge in [-0.2, -0.15) is 0 Å². The number of hydrogen-bond donors (Lipinski definition) is 1. The third-order valence-electron chi connectivity index (χ3n) is 6.05. The number of piperidine rings is 1. The SMILES string of the molecule is CN1C(=N)C[C@](C)(c2cc(-c3ccc(Br)nn3)cs2)[C@H](c2ccc3occc3c2)C1=O. The molecule has 3 aromatic heterocycles. The van der Waals surface area contributed by atoms with Gasteiger partial charge in [0.05, 0.1) is 17.9 Å². The number of thiophene rings is 1. The molecular formula is C23H19BrN4O2S. The first-order chi connectivity index (χ1) is 14.9. The Balaban J connectivity index is 1.62. The number of likely N-dealkylation sites (N-methyl/N-ethyl adjacent to an activating group) is 1. The van der Waals surface area contributed by atoms with Crippen molar-refractivity contribution in [2.24, 2.45) is 0 Å². The van der Waals surface area contributed by atoms with Crippen LogP contribution in [0, 0.1) is 5.41 Å². The van der Waals surface area contributed by atoms with Gasteiger partial charge in [-0.25, -0.2) is 0 Å². The van der Waals surface area contributed by atoms with Crippen LogP contribution in [0.15, 0.2) is 63.1 Å². The van der Waals surface area contributed by atoms with Gasteiger partial charge in [-0.05, 0) is 57.9 Å². The summed E-state index contributed by atoms with van der Waals surface area (Å²) in [5, 5.41) is 19.8. The molecule has 0 spiro atoms. The quantitative estimate of drug-likeness (QED) is 0.402. The fourth-order valence-electron chi connectivity index (χ4n) is 4.31. The molecule has 0 bridgehead atoms. The van der Waals surface area contributed by atoms with Crippen LogP contribution in [0.4, 0.5) is 0 Å². The highest BCUT2D eigenvalue weighted by molar-refractivity contribution is 9.10. The van der Waals surface area contributed by atoms with Crippen molar-refractivity contribution < 1.29 is 9.21 Å². The van der Waals surface area contributed by atoms with Crippen LogP contribution in [0.25, 0.3) is 22.2 Å². The smallest absolute Gasteiger partial charge is 0.236 e. The predicted molar refractivity (Wildman–Crippen MR) is 124 cm³/mol. The molecule has 0 radical (unpaired) electrons. The van der Waals surface area contributed by atoms with E-state index in [4.69, 9.17) is 9.83 Å². The number of aromatic nitrogens is 2. The summed E-state index contributed by atoms with van der Waals surface area (Å²) in [4.78, 5) is 16.0. The van der Waals surface area contributed by atoms with Gasteiger partial charge in [-0.1, -0.05) is 13.0 Å². The Morgan fingerprint density at radius 1 is 1.23 bits per heavy atom. The van der Waals surface area contributed by atoms with Gasteiger partial charge in [-0.3, -0.25) is 10.2 Å². The van der Waals surface area contributed by atoms with Crippen molar-refractivity contribution in [2.45, 2.75) is 24.7 Å². The van der Waals surface area contributed by atoms with Crippen molar-refractivity contribution in [3.63, 3.8) is 0 Å². The summed E-state index contributed by atoms with van der Waals surface area (Å²) in [5.41, 5.74) is 2.91. The lowest BCUT2D eigenvalue weighted by Crippen LogP contribution is -2.51. The molecule has 1 amide bonds. The Hall–Kier alpha value is -2.84. The topological polar surface area (TPSA) is 83.1 Å². The largest absolute Gasteiger partial charge is 0.464 e. The van der Waals surface area contributed by atoms with E-state index in [2.05, 4.69) is 39.1 Å². The van der Waals surface area contributed by atoms with Crippen LogP contribution in [0.3, 0.4) is 0 Å². The molecule has 4 heterocycles. The van der Waals surface area contributed by atoms with E-state index in [0.717, 1.165) is 32.7 Å². The normalized spacial score (nSPS) is 21.8. The van der Waals surface area contributed by atoms with E-state index in [-0.39, 0.29) is 5.91 Å². The molecule has 5 rings (SSSR count). The molecule has 1 aliphatic rings. The molecule has 1 saturated heterocycles. The number of nitrogens with zero attached hydrogens (tertiary/aromatic N) is 3. The molecule has 0 aliphatic carbocycles. The standard InChI is InChI=1S/C23H19BrN4O2S/c1-23(18-10-15(12-31-18)16-4-6-19(24)27-26-16)11-20(25)28(2)22(29)21(23)14-3-5-17-13(9-14)7-8-30-17/h3-10,12,21,25H,11H2,1-2H3/t21-,23-/m1/s1. The lowest BCUT2D eigenvalue weighted by Gasteiger charge is -2.44. The number of halogens is 1. The zero-order valence-electron chi connectivity index (χ0n) is 16.9. The van der Waals surface area contributed by atoms with Gasteiger partial charge in [0.2, 0.25) is 5.91 Å². The molecule has 1 fully saturated rings. The van der Waals surface area contributed by atoms with E-state index in [0.29, 0.717) is 16.9 Å². The Kier molecular flexibility index (Phi) is 4.79. The average Bonchev–Trinajstić information content (AvgIpc) is 3.42. The minimum Gasteiger partial charge on any atom is -0.464 e. The molecule has 1 N–H and O–H groups in total. The molecule has 1 aromatic carbocycles. The van der Waals surface area contributed by atoms with Crippen LogP contribution >= 0.6 is 27.3 Å². The summed E-state index contributed by atoms with van der Waals surface area (Å²) in [7, 11) is 1.69. The van der Waals surface area contributed by atoms with E-state index < -0.39 is 11.3 Å². The Labute approximate surface area is 191 Å². The second kappa shape index (κ2) is 7.39. The highest BCUT2D eigenvalue weighted by Crippen LogP contribution is 2.49. The Morgan fingerprint density at radius 2 is 2.06 bits per heavy atom. The van der Waals surface area contributed by atoms with Crippen LogP contribution in [0.1, 0.15) is 29.7 Å². The van der Waals surface area contributed by atoms with E-state index in [9.17, 15) is 4.79 Å². The number of likely N-dealkylation sites (tertiary alicyclic amines) is 1. The van der Waals surface area contributed by atoms with Crippen LogP contribution in [-0.2, 0) is 10.2 Å². The predicted octanol–water partition coefficient (Wildman–Crippen LogP) is 5.59. The summed E-state index contributed by atoms with van der Waals surface area (Å²) in [6, 6.07) is 13.7. The monoisotopic (exact) mass is 494 g/mol. The van der Waals surface area contributed by atoms with E-state index >= 15 is 0 Å². The van der Waals surface area contributed by atoms with E-state index in [1.165, 1.54) is 4.90 Å². The highest BCUT2D eigenvalue weighted by Gasteiger charge is 2.49. The second-order valence-electron chi connectivity index (χ2n) is 8.03. The van der Waals surface area contributed by atoms with Crippen LogP contribution in [0.5, 0.6) is 0 Å². The van der Waals surface area contributed by atoms with Gasteiger partial charge in [-0.15, -0.1) is 21.5 Å². The number of amides is 1. The van der Waals surface area contributed by atoms with Gasteiger partial charge in [0.1, 0.15) is 16.0 Å². The first-order valence-corrected chi connectivity index (χ1v) is 11.4. The van der Waals surface area contributed by atoms with Crippen molar-refractivity contribution in [1.29, 1.82) is 5.41 Å². The van der Waals surface area contributed by atoms with Gasteiger partial charge < -0.3 is 9.32 Å². The highest BCUT2D eigenvalue weighted by atomic mass is 79.9. The zero-order valence-corrected chi connectivity index (χ0v) is 19.3. The third-order valence-corrected chi connectivity index (χ3v) is 7.69. The summed E-state index contributed by atoms with van der Waals surface area (Å²) in [6.07, 6.45) is 2.12. The maximum absolute atomic E-state index is 13.5. The number of hydrogen-bond acceptors (Lipinski definition) is 6. The molecule has 156 valence electrons. The van der Waals surface area contributed by atoms with Crippen molar-refractivity contribution in [3.05, 3.63) is 69.2 Å². The molecule has 0 saturated carbocycles. The molecule has 31 heavy (non-hydrogen) atoms. The van der Waals surface area contributed by atoms with Crippen LogP contribution in [-0.4, -0.2) is 33.9 Å². The summed E-state index contributed by atoms with van der Waals surface area (Å²) >= 11 is 4.92. The van der Waals surface area contributed by atoms with Crippen molar-refractivity contribution in [3.8, 4) is 11.3 Å². The number of nitrogens with one attached hydrogen (secondary N) is 1. The lowest BCUT2D eigenvalue weighted by molar-refractivity contribution is -0.131.